The zero-order chi connectivity index (χ0) is 11.4. The van der Waals surface area contributed by atoms with E-state index in [0.717, 1.165) is 4.47 Å². The number of aliphatic hydroxyl groups excluding tert-OH is 1. The molecule has 1 unspecified atom stereocenters. The van der Waals surface area contributed by atoms with Crippen molar-refractivity contribution in [3.63, 3.8) is 0 Å². The lowest BCUT2D eigenvalue weighted by molar-refractivity contribution is 0.0874. The Balaban J connectivity index is 2.47. The molecule has 1 aromatic rings. The third kappa shape index (κ3) is 3.59. The number of amides is 1. The fraction of sp³-hybridized carbons (Fsp3) is 0.500. The Hall–Kier alpha value is -0.390. The lowest BCUT2D eigenvalue weighted by atomic mass is 10.1. The summed E-state index contributed by atoms with van der Waals surface area (Å²) in [5, 5.41) is 14.1. The van der Waals surface area contributed by atoms with Gasteiger partial charge in [-0.1, -0.05) is 13.8 Å². The molecular formula is C10H14BrNO2S. The van der Waals surface area contributed by atoms with Gasteiger partial charge < -0.3 is 10.4 Å². The van der Waals surface area contributed by atoms with Gasteiger partial charge in [-0.25, -0.2) is 0 Å². The van der Waals surface area contributed by atoms with Crippen LogP contribution in [-0.4, -0.2) is 23.7 Å². The second-order valence-electron chi connectivity index (χ2n) is 3.62. The Bertz CT molecular complexity index is 338. The summed E-state index contributed by atoms with van der Waals surface area (Å²) < 4.78 is 0.795. The minimum Gasteiger partial charge on any atom is -0.391 e. The Morgan fingerprint density at radius 3 is 2.80 bits per heavy atom. The van der Waals surface area contributed by atoms with Crippen molar-refractivity contribution in [3.05, 3.63) is 20.8 Å². The second-order valence-corrected chi connectivity index (χ2v) is 5.39. The molecule has 0 bridgehead atoms. The van der Waals surface area contributed by atoms with Gasteiger partial charge in [-0.3, -0.25) is 4.79 Å². The predicted octanol–water partition coefficient (Wildman–Crippen LogP) is 2.26. The number of rotatable bonds is 4. The van der Waals surface area contributed by atoms with Crippen LogP contribution in [-0.2, 0) is 0 Å². The highest BCUT2D eigenvalue weighted by Crippen LogP contribution is 2.22. The summed E-state index contributed by atoms with van der Waals surface area (Å²) in [4.78, 5) is 12.3. The monoisotopic (exact) mass is 291 g/mol. The predicted molar refractivity (Wildman–Crippen MR) is 65.2 cm³/mol. The van der Waals surface area contributed by atoms with Crippen molar-refractivity contribution in [2.24, 2.45) is 5.92 Å². The molecule has 84 valence electrons. The molecule has 0 fully saturated rings. The standard InChI is InChI=1S/C10H14BrNO2S/c1-6(2)8(13)5-12-10(14)9-7(11)3-4-15-9/h3-4,6,8,13H,5H2,1-2H3,(H,12,14). The average molecular weight is 292 g/mol. The van der Waals surface area contributed by atoms with E-state index in [1.807, 2.05) is 25.3 Å². The van der Waals surface area contributed by atoms with Crippen LogP contribution in [0.25, 0.3) is 0 Å². The van der Waals surface area contributed by atoms with Crippen molar-refractivity contribution in [1.29, 1.82) is 0 Å². The van der Waals surface area contributed by atoms with Crippen LogP contribution >= 0.6 is 27.3 Å². The van der Waals surface area contributed by atoms with Gasteiger partial charge in [0.2, 0.25) is 0 Å². The molecular weight excluding hydrogens is 278 g/mol. The van der Waals surface area contributed by atoms with Gasteiger partial charge in [-0.15, -0.1) is 11.3 Å². The summed E-state index contributed by atoms with van der Waals surface area (Å²) >= 11 is 4.67. The zero-order valence-electron chi connectivity index (χ0n) is 8.66. The average Bonchev–Trinajstić information content (AvgIpc) is 2.60. The van der Waals surface area contributed by atoms with Crippen molar-refractivity contribution in [2.45, 2.75) is 20.0 Å². The van der Waals surface area contributed by atoms with E-state index in [1.54, 1.807) is 0 Å². The summed E-state index contributed by atoms with van der Waals surface area (Å²) in [6.45, 7) is 4.12. The summed E-state index contributed by atoms with van der Waals surface area (Å²) in [6, 6.07) is 1.83. The van der Waals surface area contributed by atoms with Crippen molar-refractivity contribution in [3.8, 4) is 0 Å². The fourth-order valence-electron chi connectivity index (χ4n) is 0.969. The topological polar surface area (TPSA) is 49.3 Å². The molecule has 0 aliphatic carbocycles. The zero-order valence-corrected chi connectivity index (χ0v) is 11.1. The molecule has 1 atom stereocenters. The first kappa shape index (κ1) is 12.7. The molecule has 5 heteroatoms. The van der Waals surface area contributed by atoms with E-state index in [4.69, 9.17) is 0 Å². The number of aliphatic hydroxyl groups is 1. The highest BCUT2D eigenvalue weighted by molar-refractivity contribution is 9.10. The molecule has 0 aromatic carbocycles. The summed E-state index contributed by atoms with van der Waals surface area (Å²) in [5.74, 6) is 0.00801. The van der Waals surface area contributed by atoms with Crippen LogP contribution in [0.2, 0.25) is 0 Å². The van der Waals surface area contributed by atoms with Crippen molar-refractivity contribution < 1.29 is 9.90 Å². The molecule has 1 aromatic heterocycles. The van der Waals surface area contributed by atoms with Crippen LogP contribution in [0.15, 0.2) is 15.9 Å². The highest BCUT2D eigenvalue weighted by atomic mass is 79.9. The molecule has 1 amide bonds. The molecule has 0 radical (unpaired) electrons. The maximum absolute atomic E-state index is 11.6. The number of nitrogens with one attached hydrogen (secondary N) is 1. The van der Waals surface area contributed by atoms with E-state index >= 15 is 0 Å². The molecule has 0 aliphatic rings. The van der Waals surface area contributed by atoms with Crippen LogP contribution in [0.1, 0.15) is 23.5 Å². The van der Waals surface area contributed by atoms with E-state index in [0.29, 0.717) is 11.4 Å². The van der Waals surface area contributed by atoms with Gasteiger partial charge in [-0.05, 0) is 33.3 Å². The minimum atomic E-state index is -0.493. The maximum atomic E-state index is 11.6. The van der Waals surface area contributed by atoms with Crippen LogP contribution in [0.4, 0.5) is 0 Å². The molecule has 1 heterocycles. The van der Waals surface area contributed by atoms with Gasteiger partial charge in [0.05, 0.1) is 6.10 Å². The Morgan fingerprint density at radius 2 is 2.33 bits per heavy atom. The SMILES string of the molecule is CC(C)C(O)CNC(=O)c1sccc1Br. The highest BCUT2D eigenvalue weighted by Gasteiger charge is 2.14. The third-order valence-corrected chi connectivity index (χ3v) is 3.90. The van der Waals surface area contributed by atoms with E-state index < -0.39 is 6.10 Å². The third-order valence-electron chi connectivity index (χ3n) is 2.06. The Labute approximate surface area is 102 Å². The Kier molecular flexibility index (Phi) is 4.76. The number of hydrogen-bond donors (Lipinski definition) is 2. The van der Waals surface area contributed by atoms with Crippen LogP contribution in [0, 0.1) is 5.92 Å². The molecule has 15 heavy (non-hydrogen) atoms. The second kappa shape index (κ2) is 5.63. The maximum Gasteiger partial charge on any atom is 0.262 e. The van der Waals surface area contributed by atoms with Gasteiger partial charge in [0.1, 0.15) is 4.88 Å². The van der Waals surface area contributed by atoms with Gasteiger partial charge in [0.25, 0.3) is 5.91 Å². The number of hydrogen-bond acceptors (Lipinski definition) is 3. The first-order chi connectivity index (χ1) is 7.02. The van der Waals surface area contributed by atoms with Gasteiger partial charge in [0.15, 0.2) is 0 Å². The van der Waals surface area contributed by atoms with Crippen molar-refractivity contribution in [2.75, 3.05) is 6.54 Å². The van der Waals surface area contributed by atoms with Crippen LogP contribution in [0.5, 0.6) is 0 Å². The fourth-order valence-corrected chi connectivity index (χ4v) is 2.44. The Morgan fingerprint density at radius 1 is 1.67 bits per heavy atom. The van der Waals surface area contributed by atoms with Gasteiger partial charge in [-0.2, -0.15) is 0 Å². The molecule has 0 saturated heterocycles. The molecule has 3 nitrogen and oxygen atoms in total. The first-order valence-electron chi connectivity index (χ1n) is 4.71. The minimum absolute atomic E-state index is 0.142. The molecule has 0 aliphatic heterocycles. The van der Waals surface area contributed by atoms with Crippen molar-refractivity contribution in [1.82, 2.24) is 5.32 Å². The molecule has 0 spiro atoms. The lowest BCUT2D eigenvalue weighted by Gasteiger charge is -2.14. The largest absolute Gasteiger partial charge is 0.391 e. The summed E-state index contributed by atoms with van der Waals surface area (Å²) in [7, 11) is 0. The number of carbonyl (C=O) groups excluding carboxylic acids is 1. The molecule has 0 saturated carbocycles. The summed E-state index contributed by atoms with van der Waals surface area (Å²) in [6.07, 6.45) is -0.493. The van der Waals surface area contributed by atoms with Crippen LogP contribution < -0.4 is 5.32 Å². The van der Waals surface area contributed by atoms with Gasteiger partial charge >= 0.3 is 0 Å². The van der Waals surface area contributed by atoms with E-state index in [-0.39, 0.29) is 11.8 Å². The van der Waals surface area contributed by atoms with Crippen LogP contribution in [0.3, 0.4) is 0 Å². The molecule has 2 N–H and O–H groups in total. The number of thiophene rings is 1. The number of halogens is 1. The van der Waals surface area contributed by atoms with Gasteiger partial charge in [0, 0.05) is 11.0 Å². The van der Waals surface area contributed by atoms with E-state index in [2.05, 4.69) is 21.2 Å². The normalized spacial score (nSPS) is 12.9. The lowest BCUT2D eigenvalue weighted by Crippen LogP contribution is -2.34. The van der Waals surface area contributed by atoms with Crippen molar-refractivity contribution >= 4 is 33.2 Å². The quantitative estimate of drug-likeness (QED) is 0.894. The summed E-state index contributed by atoms with van der Waals surface area (Å²) in [5.41, 5.74) is 0. The molecule has 1 rings (SSSR count). The number of carbonyl (C=O) groups is 1. The first-order valence-corrected chi connectivity index (χ1v) is 6.39. The van der Waals surface area contributed by atoms with E-state index in [9.17, 15) is 9.90 Å². The smallest absolute Gasteiger partial charge is 0.262 e. The van der Waals surface area contributed by atoms with E-state index in [1.165, 1.54) is 11.3 Å².